The molecule has 0 aliphatic carbocycles. The lowest BCUT2D eigenvalue weighted by Gasteiger charge is -2.16. The van der Waals surface area contributed by atoms with Crippen molar-refractivity contribution in [2.45, 2.75) is 19.0 Å². The minimum Gasteiger partial charge on any atom is -0.469 e. The highest BCUT2D eigenvalue weighted by Crippen LogP contribution is 2.39. The topological polar surface area (TPSA) is 65.2 Å². The maximum Gasteiger partial charge on any atom is 0.418 e. The molecule has 9 heteroatoms. The van der Waals surface area contributed by atoms with Crippen LogP contribution in [-0.4, -0.2) is 18.1 Å². The molecule has 0 atom stereocenters. The maximum atomic E-state index is 12.7. The standard InChI is InChI=1S/C10H9F5N2O2/c1-19-6(18)2-5-8(16)7(9(11)12)4(3-17-5)10(13,14)15/h3,9H,2,16H2,1H3. The highest BCUT2D eigenvalue weighted by molar-refractivity contribution is 5.74. The summed E-state index contributed by atoms with van der Waals surface area (Å²) in [5.74, 6) is -0.848. The Hall–Kier alpha value is -1.93. The number of esters is 1. The van der Waals surface area contributed by atoms with Gasteiger partial charge in [0.1, 0.15) is 0 Å². The van der Waals surface area contributed by atoms with E-state index in [1.54, 1.807) is 0 Å². The fourth-order valence-electron chi connectivity index (χ4n) is 1.39. The second-order valence-corrected chi connectivity index (χ2v) is 3.50. The van der Waals surface area contributed by atoms with E-state index in [0.29, 0.717) is 0 Å². The molecule has 0 bridgehead atoms. The van der Waals surface area contributed by atoms with Gasteiger partial charge in [-0.3, -0.25) is 9.78 Å². The fourth-order valence-corrected chi connectivity index (χ4v) is 1.39. The third-order valence-electron chi connectivity index (χ3n) is 2.30. The van der Waals surface area contributed by atoms with Gasteiger partial charge in [-0.15, -0.1) is 0 Å². The normalized spacial score (nSPS) is 11.7. The highest BCUT2D eigenvalue weighted by atomic mass is 19.4. The molecule has 0 saturated carbocycles. The zero-order valence-corrected chi connectivity index (χ0v) is 9.59. The first kappa shape index (κ1) is 15.1. The van der Waals surface area contributed by atoms with Crippen LogP contribution in [0.1, 0.15) is 23.2 Å². The molecule has 1 heterocycles. The molecule has 19 heavy (non-hydrogen) atoms. The van der Waals surface area contributed by atoms with Crippen molar-refractivity contribution in [3.8, 4) is 0 Å². The first-order valence-electron chi connectivity index (χ1n) is 4.87. The predicted molar refractivity (Wildman–Crippen MR) is 54.3 cm³/mol. The zero-order valence-electron chi connectivity index (χ0n) is 9.59. The van der Waals surface area contributed by atoms with Gasteiger partial charge in [-0.2, -0.15) is 13.2 Å². The fraction of sp³-hybridized carbons (Fsp3) is 0.400. The Kier molecular flexibility index (Phi) is 4.28. The zero-order chi connectivity index (χ0) is 14.8. The summed E-state index contributed by atoms with van der Waals surface area (Å²) < 4.78 is 67.2. The van der Waals surface area contributed by atoms with Crippen molar-refractivity contribution in [1.82, 2.24) is 4.98 Å². The van der Waals surface area contributed by atoms with Crippen molar-refractivity contribution < 1.29 is 31.5 Å². The molecule has 1 aromatic heterocycles. The number of alkyl halides is 5. The van der Waals surface area contributed by atoms with E-state index in [1.165, 1.54) is 0 Å². The van der Waals surface area contributed by atoms with Crippen LogP contribution < -0.4 is 5.73 Å². The second-order valence-electron chi connectivity index (χ2n) is 3.50. The molecule has 0 aliphatic heterocycles. The third-order valence-corrected chi connectivity index (χ3v) is 2.30. The second kappa shape index (κ2) is 5.37. The van der Waals surface area contributed by atoms with Crippen molar-refractivity contribution in [2.75, 3.05) is 12.8 Å². The van der Waals surface area contributed by atoms with Crippen LogP contribution in [-0.2, 0) is 22.1 Å². The Balaban J connectivity index is 3.35. The predicted octanol–water partition coefficient (Wildman–Crippen LogP) is 2.34. The monoisotopic (exact) mass is 284 g/mol. The average molecular weight is 284 g/mol. The number of nitrogens with two attached hydrogens (primary N) is 1. The molecule has 0 aromatic carbocycles. The molecule has 0 radical (unpaired) electrons. The van der Waals surface area contributed by atoms with Gasteiger partial charge >= 0.3 is 12.1 Å². The number of hydrogen-bond acceptors (Lipinski definition) is 4. The smallest absolute Gasteiger partial charge is 0.418 e. The van der Waals surface area contributed by atoms with Crippen molar-refractivity contribution in [1.29, 1.82) is 0 Å². The minimum atomic E-state index is -5.00. The summed E-state index contributed by atoms with van der Waals surface area (Å²) in [4.78, 5) is 14.3. The number of aromatic nitrogens is 1. The summed E-state index contributed by atoms with van der Waals surface area (Å²) in [5.41, 5.74) is 1.01. The number of rotatable bonds is 3. The van der Waals surface area contributed by atoms with Crippen LogP contribution in [0.15, 0.2) is 6.20 Å². The molecule has 4 nitrogen and oxygen atoms in total. The molecule has 106 valence electrons. The van der Waals surface area contributed by atoms with Gasteiger partial charge in [0.2, 0.25) is 0 Å². The number of anilines is 1. The van der Waals surface area contributed by atoms with E-state index >= 15 is 0 Å². The molecule has 0 saturated heterocycles. The molecule has 0 unspecified atom stereocenters. The molecule has 0 spiro atoms. The van der Waals surface area contributed by atoms with E-state index in [-0.39, 0.29) is 11.9 Å². The Morgan fingerprint density at radius 2 is 2.05 bits per heavy atom. The summed E-state index contributed by atoms with van der Waals surface area (Å²) >= 11 is 0. The van der Waals surface area contributed by atoms with Crippen LogP contribution in [0.4, 0.5) is 27.6 Å². The van der Waals surface area contributed by atoms with Crippen LogP contribution in [0.5, 0.6) is 0 Å². The summed E-state index contributed by atoms with van der Waals surface area (Å²) in [6.07, 6.45) is -8.79. The highest BCUT2D eigenvalue weighted by Gasteiger charge is 2.38. The summed E-state index contributed by atoms with van der Waals surface area (Å²) in [5, 5.41) is 0. The van der Waals surface area contributed by atoms with Crippen molar-refractivity contribution in [3.63, 3.8) is 0 Å². The van der Waals surface area contributed by atoms with Crippen LogP contribution in [0.25, 0.3) is 0 Å². The van der Waals surface area contributed by atoms with Crippen LogP contribution >= 0.6 is 0 Å². The van der Waals surface area contributed by atoms with Gasteiger partial charge in [0.25, 0.3) is 6.43 Å². The number of nitrogens with zero attached hydrogens (tertiary/aromatic N) is 1. The minimum absolute atomic E-state index is 0.232. The Labute approximate surface area is 104 Å². The van der Waals surface area contributed by atoms with Gasteiger partial charge < -0.3 is 10.5 Å². The number of hydrogen-bond donors (Lipinski definition) is 1. The van der Waals surface area contributed by atoms with E-state index in [2.05, 4.69) is 9.72 Å². The Morgan fingerprint density at radius 3 is 2.47 bits per heavy atom. The Morgan fingerprint density at radius 1 is 1.47 bits per heavy atom. The molecule has 2 N–H and O–H groups in total. The van der Waals surface area contributed by atoms with E-state index in [9.17, 15) is 26.7 Å². The van der Waals surface area contributed by atoms with Gasteiger partial charge in [0.05, 0.1) is 36.0 Å². The first-order valence-corrected chi connectivity index (χ1v) is 4.87. The number of nitrogen functional groups attached to an aromatic ring is 1. The van der Waals surface area contributed by atoms with Gasteiger partial charge in [-0.25, -0.2) is 8.78 Å². The number of carbonyl (C=O) groups excluding carboxylic acids is 1. The lowest BCUT2D eigenvalue weighted by molar-refractivity contribution is -0.140. The number of carbonyl (C=O) groups is 1. The van der Waals surface area contributed by atoms with Crippen molar-refractivity contribution in [2.24, 2.45) is 0 Å². The van der Waals surface area contributed by atoms with E-state index in [4.69, 9.17) is 5.73 Å². The van der Waals surface area contributed by atoms with Gasteiger partial charge in [-0.05, 0) is 0 Å². The first-order chi connectivity index (χ1) is 8.68. The molecular weight excluding hydrogens is 275 g/mol. The average Bonchev–Trinajstić information content (AvgIpc) is 2.29. The van der Waals surface area contributed by atoms with Crippen LogP contribution in [0, 0.1) is 0 Å². The maximum absolute atomic E-state index is 12.7. The Bertz CT molecular complexity index is 488. The lowest BCUT2D eigenvalue weighted by Crippen LogP contribution is -2.16. The summed E-state index contributed by atoms with van der Waals surface area (Å²) in [6.45, 7) is 0. The van der Waals surface area contributed by atoms with Gasteiger partial charge in [0.15, 0.2) is 0 Å². The summed E-state index contributed by atoms with van der Waals surface area (Å²) in [7, 11) is 1.04. The van der Waals surface area contributed by atoms with E-state index in [0.717, 1.165) is 7.11 Å². The van der Waals surface area contributed by atoms with Crippen LogP contribution in [0.2, 0.25) is 0 Å². The molecule has 0 amide bonds. The lowest BCUT2D eigenvalue weighted by atomic mass is 10.0. The van der Waals surface area contributed by atoms with E-state index in [1.807, 2.05) is 0 Å². The number of methoxy groups -OCH3 is 1. The molecule has 0 fully saturated rings. The largest absolute Gasteiger partial charge is 0.469 e. The molecule has 1 aromatic rings. The quantitative estimate of drug-likeness (QED) is 0.683. The van der Waals surface area contributed by atoms with Gasteiger partial charge in [-0.1, -0.05) is 0 Å². The third kappa shape index (κ3) is 3.30. The van der Waals surface area contributed by atoms with Gasteiger partial charge in [0, 0.05) is 6.20 Å². The summed E-state index contributed by atoms with van der Waals surface area (Å²) in [6, 6.07) is 0. The number of pyridine rings is 1. The van der Waals surface area contributed by atoms with Crippen molar-refractivity contribution in [3.05, 3.63) is 23.0 Å². The number of halogens is 5. The molecular formula is C10H9F5N2O2. The van der Waals surface area contributed by atoms with Crippen LogP contribution in [0.3, 0.4) is 0 Å². The molecule has 0 aliphatic rings. The van der Waals surface area contributed by atoms with E-state index < -0.39 is 41.8 Å². The number of ether oxygens (including phenoxy) is 1. The molecule has 1 rings (SSSR count). The SMILES string of the molecule is COC(=O)Cc1ncc(C(F)(F)F)c(C(F)F)c1N. The van der Waals surface area contributed by atoms with Crippen molar-refractivity contribution >= 4 is 11.7 Å².